The van der Waals surface area contributed by atoms with Crippen molar-refractivity contribution in [1.29, 1.82) is 0 Å². The van der Waals surface area contributed by atoms with Crippen molar-refractivity contribution in [3.05, 3.63) is 59.8 Å². The number of hydrogen-bond acceptors (Lipinski definition) is 3. The number of nitrogens with zero attached hydrogens (tertiary/aromatic N) is 1. The lowest BCUT2D eigenvalue weighted by Gasteiger charge is -2.13. The van der Waals surface area contributed by atoms with Crippen molar-refractivity contribution in [2.45, 2.75) is 13.8 Å². The molecule has 0 spiro atoms. The Morgan fingerprint density at radius 1 is 1.00 bits per heavy atom. The second-order valence-corrected chi connectivity index (χ2v) is 5.05. The summed E-state index contributed by atoms with van der Waals surface area (Å²) >= 11 is 0. The number of aromatic nitrogens is 1. The Balaban J connectivity index is 2.09. The predicted octanol–water partition coefficient (Wildman–Crippen LogP) is 4.18. The van der Waals surface area contributed by atoms with Crippen LogP contribution < -0.4 is 11.1 Å². The van der Waals surface area contributed by atoms with Gasteiger partial charge in [-0.3, -0.25) is 4.98 Å². The fourth-order valence-electron chi connectivity index (χ4n) is 2.40. The van der Waals surface area contributed by atoms with Gasteiger partial charge < -0.3 is 11.1 Å². The molecule has 0 saturated carbocycles. The van der Waals surface area contributed by atoms with Gasteiger partial charge in [-0.15, -0.1) is 0 Å². The minimum Gasteiger partial charge on any atom is -0.397 e. The molecule has 1 heterocycles. The number of nitrogens with one attached hydrogen (secondary N) is 1. The number of pyridine rings is 1. The Labute approximate surface area is 118 Å². The minimum atomic E-state index is 0.701. The minimum absolute atomic E-state index is 0.701. The second-order valence-electron chi connectivity index (χ2n) is 5.05. The number of nitrogen functional groups attached to an aromatic ring is 1. The van der Waals surface area contributed by atoms with Crippen LogP contribution in [-0.4, -0.2) is 4.98 Å². The fourth-order valence-corrected chi connectivity index (χ4v) is 2.40. The molecule has 3 N–H and O–H groups in total. The lowest BCUT2D eigenvalue weighted by molar-refractivity contribution is 1.37. The number of nitrogens with two attached hydrogens (primary N) is 1. The van der Waals surface area contributed by atoms with E-state index in [1.54, 1.807) is 6.20 Å². The average molecular weight is 263 g/mol. The Bertz CT molecular complexity index is 778. The van der Waals surface area contributed by atoms with Crippen molar-refractivity contribution in [3.8, 4) is 0 Å². The van der Waals surface area contributed by atoms with Gasteiger partial charge in [0.2, 0.25) is 0 Å². The molecule has 0 atom stereocenters. The molecule has 3 rings (SSSR count). The molecule has 0 radical (unpaired) electrons. The standard InChI is InChI=1S/C17H17N3/c1-11-5-7-15(12(2)10-11)20-16-8-6-14(18)17-13(16)4-3-9-19-17/h3-10,20H,18H2,1-2H3. The molecule has 0 unspecified atom stereocenters. The second kappa shape index (κ2) is 4.85. The van der Waals surface area contributed by atoms with E-state index < -0.39 is 0 Å². The summed E-state index contributed by atoms with van der Waals surface area (Å²) in [5, 5.41) is 4.51. The van der Waals surface area contributed by atoms with Crippen LogP contribution in [0.1, 0.15) is 11.1 Å². The van der Waals surface area contributed by atoms with Gasteiger partial charge in [0.15, 0.2) is 0 Å². The quantitative estimate of drug-likeness (QED) is 0.682. The smallest absolute Gasteiger partial charge is 0.0951 e. The molecule has 0 bridgehead atoms. The van der Waals surface area contributed by atoms with Crippen LogP contribution in [0.2, 0.25) is 0 Å². The van der Waals surface area contributed by atoms with E-state index in [1.165, 1.54) is 11.1 Å². The number of fused-ring (bicyclic) bond motifs is 1. The molecule has 3 aromatic rings. The van der Waals surface area contributed by atoms with Gasteiger partial charge in [0, 0.05) is 23.0 Å². The number of aryl methyl sites for hydroxylation is 2. The van der Waals surface area contributed by atoms with Gasteiger partial charge >= 0.3 is 0 Å². The van der Waals surface area contributed by atoms with Crippen LogP contribution in [0.25, 0.3) is 10.9 Å². The number of rotatable bonds is 2. The Kier molecular flexibility index (Phi) is 3.03. The van der Waals surface area contributed by atoms with Gasteiger partial charge in [0.25, 0.3) is 0 Å². The van der Waals surface area contributed by atoms with Crippen LogP contribution in [0.4, 0.5) is 17.1 Å². The van der Waals surface area contributed by atoms with E-state index >= 15 is 0 Å². The van der Waals surface area contributed by atoms with Gasteiger partial charge in [0.1, 0.15) is 0 Å². The monoisotopic (exact) mass is 263 g/mol. The van der Waals surface area contributed by atoms with Gasteiger partial charge in [-0.05, 0) is 49.7 Å². The van der Waals surface area contributed by atoms with Crippen molar-refractivity contribution >= 4 is 28.0 Å². The molecule has 0 aliphatic heterocycles. The lowest BCUT2D eigenvalue weighted by Crippen LogP contribution is -1.97. The normalized spacial score (nSPS) is 10.7. The summed E-state index contributed by atoms with van der Waals surface area (Å²) in [6, 6.07) is 14.2. The van der Waals surface area contributed by atoms with E-state index in [0.717, 1.165) is 22.3 Å². The number of benzene rings is 2. The maximum absolute atomic E-state index is 5.98. The van der Waals surface area contributed by atoms with E-state index in [2.05, 4.69) is 42.3 Å². The highest BCUT2D eigenvalue weighted by atomic mass is 14.9. The van der Waals surface area contributed by atoms with Crippen molar-refractivity contribution in [2.24, 2.45) is 0 Å². The highest BCUT2D eigenvalue weighted by Gasteiger charge is 2.06. The van der Waals surface area contributed by atoms with E-state index in [9.17, 15) is 0 Å². The highest BCUT2D eigenvalue weighted by molar-refractivity contribution is 5.99. The average Bonchev–Trinajstić information content (AvgIpc) is 2.45. The number of anilines is 3. The van der Waals surface area contributed by atoms with E-state index in [-0.39, 0.29) is 0 Å². The Hall–Kier alpha value is -2.55. The zero-order chi connectivity index (χ0) is 14.1. The SMILES string of the molecule is Cc1ccc(Nc2ccc(N)c3ncccc23)c(C)c1. The number of hydrogen-bond donors (Lipinski definition) is 2. The zero-order valence-electron chi connectivity index (χ0n) is 11.6. The molecular weight excluding hydrogens is 246 g/mol. The van der Waals surface area contributed by atoms with E-state index in [1.807, 2.05) is 24.3 Å². The van der Waals surface area contributed by atoms with Crippen LogP contribution in [0.15, 0.2) is 48.7 Å². The Morgan fingerprint density at radius 2 is 1.80 bits per heavy atom. The molecule has 0 fully saturated rings. The molecule has 0 amide bonds. The van der Waals surface area contributed by atoms with Crippen LogP contribution in [0.3, 0.4) is 0 Å². The third-order valence-electron chi connectivity index (χ3n) is 3.45. The first-order chi connectivity index (χ1) is 9.65. The first-order valence-electron chi connectivity index (χ1n) is 6.62. The van der Waals surface area contributed by atoms with Gasteiger partial charge in [0.05, 0.1) is 11.2 Å². The maximum Gasteiger partial charge on any atom is 0.0951 e. The summed E-state index contributed by atoms with van der Waals surface area (Å²) in [5.41, 5.74) is 12.1. The summed E-state index contributed by atoms with van der Waals surface area (Å²) in [7, 11) is 0. The van der Waals surface area contributed by atoms with Gasteiger partial charge in [-0.2, -0.15) is 0 Å². The third-order valence-corrected chi connectivity index (χ3v) is 3.45. The van der Waals surface area contributed by atoms with Crippen LogP contribution >= 0.6 is 0 Å². The van der Waals surface area contributed by atoms with E-state index in [0.29, 0.717) is 5.69 Å². The van der Waals surface area contributed by atoms with Crippen LogP contribution in [0.5, 0.6) is 0 Å². The van der Waals surface area contributed by atoms with Crippen LogP contribution in [-0.2, 0) is 0 Å². The summed E-state index contributed by atoms with van der Waals surface area (Å²) in [5.74, 6) is 0. The molecule has 3 heteroatoms. The molecule has 20 heavy (non-hydrogen) atoms. The van der Waals surface area contributed by atoms with Gasteiger partial charge in [-0.1, -0.05) is 17.7 Å². The first kappa shape index (κ1) is 12.5. The van der Waals surface area contributed by atoms with Crippen molar-refractivity contribution in [2.75, 3.05) is 11.1 Å². The third kappa shape index (κ3) is 2.18. The molecule has 0 aliphatic carbocycles. The Morgan fingerprint density at radius 3 is 2.60 bits per heavy atom. The summed E-state index contributed by atoms with van der Waals surface area (Å²) < 4.78 is 0. The summed E-state index contributed by atoms with van der Waals surface area (Å²) in [6.07, 6.45) is 1.76. The summed E-state index contributed by atoms with van der Waals surface area (Å²) in [4.78, 5) is 4.35. The lowest BCUT2D eigenvalue weighted by atomic mass is 10.1. The topological polar surface area (TPSA) is 50.9 Å². The molecular formula is C17H17N3. The predicted molar refractivity (Wildman–Crippen MR) is 85.4 cm³/mol. The molecule has 3 nitrogen and oxygen atoms in total. The molecule has 2 aromatic carbocycles. The molecule has 1 aromatic heterocycles. The van der Waals surface area contributed by atoms with Crippen molar-refractivity contribution in [1.82, 2.24) is 4.98 Å². The van der Waals surface area contributed by atoms with Crippen molar-refractivity contribution in [3.63, 3.8) is 0 Å². The molecule has 0 aliphatic rings. The van der Waals surface area contributed by atoms with E-state index in [4.69, 9.17) is 5.73 Å². The zero-order valence-corrected chi connectivity index (χ0v) is 11.6. The largest absolute Gasteiger partial charge is 0.397 e. The molecule has 0 saturated heterocycles. The molecule has 100 valence electrons. The fraction of sp³-hybridized carbons (Fsp3) is 0.118. The first-order valence-corrected chi connectivity index (χ1v) is 6.62. The summed E-state index contributed by atoms with van der Waals surface area (Å²) in [6.45, 7) is 4.20. The van der Waals surface area contributed by atoms with Crippen LogP contribution in [0, 0.1) is 13.8 Å². The van der Waals surface area contributed by atoms with Gasteiger partial charge in [-0.25, -0.2) is 0 Å². The highest BCUT2D eigenvalue weighted by Crippen LogP contribution is 2.30. The maximum atomic E-state index is 5.98. The van der Waals surface area contributed by atoms with Crippen molar-refractivity contribution < 1.29 is 0 Å².